The van der Waals surface area contributed by atoms with Crippen LogP contribution in [0.25, 0.3) is 16.9 Å². The van der Waals surface area contributed by atoms with Crippen LogP contribution in [0.5, 0.6) is 5.75 Å². The smallest absolute Gasteiger partial charge is 0.243 e. The number of aromatic nitrogens is 2. The number of methoxy groups -OCH3 is 1. The molecule has 0 radical (unpaired) electrons. The molecule has 0 aliphatic rings. The normalized spacial score (nSPS) is 11.7. The van der Waals surface area contributed by atoms with E-state index in [9.17, 15) is 17.6 Å². The van der Waals surface area contributed by atoms with Crippen LogP contribution in [0.2, 0.25) is 5.02 Å². The Morgan fingerprint density at radius 1 is 1.00 bits per heavy atom. The topological polar surface area (TPSA) is 96.8 Å². The number of benzene rings is 3. The predicted octanol–water partition coefficient (Wildman–Crippen LogP) is 4.53. The Hall–Kier alpha value is -3.77. The highest BCUT2D eigenvalue weighted by atomic mass is 35.5. The van der Waals surface area contributed by atoms with Gasteiger partial charge in [-0.2, -0.15) is 4.31 Å². The largest absolute Gasteiger partial charge is 0.497 e. The number of ether oxygens (including phenoxy) is 1. The third kappa shape index (κ3) is 7.05. The quantitative estimate of drug-likeness (QED) is 0.278. The van der Waals surface area contributed by atoms with Gasteiger partial charge in [0.25, 0.3) is 0 Å². The molecule has 1 N–H and O–H groups in total. The van der Waals surface area contributed by atoms with Crippen molar-refractivity contribution in [2.75, 3.05) is 46.2 Å². The summed E-state index contributed by atoms with van der Waals surface area (Å²) in [5.41, 5.74) is 1.86. The number of amides is 1. The number of carbonyl (C=O) groups is 1. The van der Waals surface area contributed by atoms with Gasteiger partial charge in [0.15, 0.2) is 0 Å². The zero-order valence-corrected chi connectivity index (χ0v) is 23.8. The first-order chi connectivity index (χ1) is 19.1. The number of nitrogens with zero attached hydrogens (tertiary/aromatic N) is 4. The first-order valence-corrected chi connectivity index (χ1v) is 14.1. The molecule has 0 fully saturated rings. The molecule has 4 rings (SSSR count). The van der Waals surface area contributed by atoms with Crippen LogP contribution in [0.1, 0.15) is 0 Å². The van der Waals surface area contributed by atoms with E-state index < -0.39 is 28.3 Å². The Bertz CT molecular complexity index is 1560. The highest BCUT2D eigenvalue weighted by molar-refractivity contribution is 7.89. The van der Waals surface area contributed by atoms with Crippen molar-refractivity contribution in [3.8, 4) is 22.7 Å². The van der Waals surface area contributed by atoms with Crippen LogP contribution in [-0.2, 0) is 14.8 Å². The molecule has 0 saturated heterocycles. The number of imidazole rings is 1. The fourth-order valence-corrected chi connectivity index (χ4v) is 5.36. The molecule has 4 aromatic rings. The minimum atomic E-state index is -4.01. The number of carbonyl (C=O) groups excluding carboxylic acids is 1. The maximum Gasteiger partial charge on any atom is 0.243 e. The van der Waals surface area contributed by atoms with E-state index in [1.165, 1.54) is 36.4 Å². The minimum absolute atomic E-state index is 0.0260. The first kappa shape index (κ1) is 29.2. The molecule has 1 amide bonds. The van der Waals surface area contributed by atoms with Gasteiger partial charge in [-0.1, -0.05) is 11.6 Å². The average molecular weight is 586 g/mol. The molecule has 0 bridgehead atoms. The number of nitrogens with one attached hydrogen (secondary N) is 1. The minimum Gasteiger partial charge on any atom is -0.497 e. The molecule has 0 unspecified atom stereocenters. The summed E-state index contributed by atoms with van der Waals surface area (Å²) in [6, 6.07) is 18.7. The van der Waals surface area contributed by atoms with Gasteiger partial charge in [0.1, 0.15) is 11.6 Å². The Morgan fingerprint density at radius 2 is 1.65 bits per heavy atom. The number of hydrogen-bond donors (Lipinski definition) is 1. The van der Waals surface area contributed by atoms with E-state index >= 15 is 0 Å². The molecular formula is C28H29ClFN5O4S. The molecule has 0 aliphatic carbocycles. The Kier molecular flexibility index (Phi) is 9.21. The number of anilines is 1. The molecule has 12 heteroatoms. The van der Waals surface area contributed by atoms with Crippen molar-refractivity contribution in [1.82, 2.24) is 18.8 Å². The summed E-state index contributed by atoms with van der Waals surface area (Å²) in [4.78, 5) is 19.7. The maximum atomic E-state index is 13.6. The molecule has 0 spiro atoms. The van der Waals surface area contributed by atoms with Gasteiger partial charge in [-0.15, -0.1) is 0 Å². The number of likely N-dealkylation sites (N-methyl/N-ethyl adjacent to an activating group) is 1. The van der Waals surface area contributed by atoms with Crippen molar-refractivity contribution in [2.45, 2.75) is 4.90 Å². The van der Waals surface area contributed by atoms with Crippen molar-refractivity contribution >= 4 is 33.5 Å². The van der Waals surface area contributed by atoms with E-state index in [2.05, 4.69) is 10.3 Å². The van der Waals surface area contributed by atoms with Crippen LogP contribution in [-0.4, -0.2) is 73.9 Å². The second-order valence-electron chi connectivity index (χ2n) is 9.17. The molecule has 0 saturated carbocycles. The molecule has 40 heavy (non-hydrogen) atoms. The van der Waals surface area contributed by atoms with Crippen LogP contribution in [0.15, 0.2) is 83.9 Å². The lowest BCUT2D eigenvalue weighted by molar-refractivity contribution is -0.116. The van der Waals surface area contributed by atoms with Crippen LogP contribution in [0.4, 0.5) is 10.3 Å². The van der Waals surface area contributed by atoms with Crippen molar-refractivity contribution in [3.05, 3.63) is 89.8 Å². The molecule has 3 aromatic carbocycles. The van der Waals surface area contributed by atoms with Gasteiger partial charge in [-0.25, -0.2) is 17.8 Å². The molecule has 0 aliphatic heterocycles. The molecule has 0 atom stereocenters. The van der Waals surface area contributed by atoms with Crippen LogP contribution < -0.4 is 10.1 Å². The van der Waals surface area contributed by atoms with Crippen molar-refractivity contribution in [1.29, 1.82) is 0 Å². The SMILES string of the molecule is COc1ccc(-c2cn(-c3ccc(F)cc3)c(NC(=O)CN(CCN(C)C)S(=O)(=O)c3ccc(Cl)cc3)n2)cc1. The molecule has 1 heterocycles. The molecule has 210 valence electrons. The fraction of sp³-hybridized carbons (Fsp3) is 0.214. The standard InChI is InChI=1S/C28H29ClFN5O4S/c1-33(2)16-17-34(40(37,38)25-14-6-21(29)7-15-25)19-27(36)32-28-31-26(20-4-12-24(39-3)13-5-20)18-35(28)23-10-8-22(30)9-11-23/h4-15,18H,16-17,19H2,1-3H3,(H,31,32,36). The van der Waals surface area contributed by atoms with Gasteiger partial charge in [0.2, 0.25) is 21.9 Å². The van der Waals surface area contributed by atoms with E-state index in [1.807, 2.05) is 31.1 Å². The van der Waals surface area contributed by atoms with Gasteiger partial charge in [-0.3, -0.25) is 14.7 Å². The zero-order valence-electron chi connectivity index (χ0n) is 22.2. The lowest BCUT2D eigenvalue weighted by atomic mass is 10.1. The van der Waals surface area contributed by atoms with E-state index in [-0.39, 0.29) is 17.4 Å². The van der Waals surface area contributed by atoms with Gasteiger partial charge >= 0.3 is 0 Å². The lowest BCUT2D eigenvalue weighted by Gasteiger charge is -2.23. The van der Waals surface area contributed by atoms with Crippen LogP contribution in [0, 0.1) is 5.82 Å². The van der Waals surface area contributed by atoms with E-state index in [4.69, 9.17) is 16.3 Å². The Balaban J connectivity index is 1.64. The summed E-state index contributed by atoms with van der Waals surface area (Å²) in [5, 5.41) is 3.14. The van der Waals surface area contributed by atoms with Crippen molar-refractivity contribution in [2.24, 2.45) is 0 Å². The van der Waals surface area contributed by atoms with E-state index in [1.54, 1.807) is 42.1 Å². The van der Waals surface area contributed by atoms with E-state index in [0.717, 1.165) is 9.87 Å². The lowest BCUT2D eigenvalue weighted by Crippen LogP contribution is -2.41. The number of sulfonamides is 1. The van der Waals surface area contributed by atoms with Gasteiger partial charge < -0.3 is 9.64 Å². The van der Waals surface area contributed by atoms with Gasteiger partial charge in [0, 0.05) is 35.6 Å². The number of rotatable bonds is 11. The third-order valence-electron chi connectivity index (χ3n) is 6.02. The third-order valence-corrected chi connectivity index (χ3v) is 8.13. The fourth-order valence-electron chi connectivity index (χ4n) is 3.84. The second-order valence-corrected chi connectivity index (χ2v) is 11.5. The van der Waals surface area contributed by atoms with Gasteiger partial charge in [0.05, 0.1) is 24.2 Å². The van der Waals surface area contributed by atoms with Crippen molar-refractivity contribution < 1.29 is 22.3 Å². The van der Waals surface area contributed by atoms with E-state index in [0.29, 0.717) is 28.7 Å². The Morgan fingerprint density at radius 3 is 2.25 bits per heavy atom. The van der Waals surface area contributed by atoms with Crippen molar-refractivity contribution in [3.63, 3.8) is 0 Å². The van der Waals surface area contributed by atoms with Crippen LogP contribution in [0.3, 0.4) is 0 Å². The Labute approximate surface area is 237 Å². The predicted molar refractivity (Wildman–Crippen MR) is 153 cm³/mol. The number of hydrogen-bond acceptors (Lipinski definition) is 6. The second kappa shape index (κ2) is 12.6. The van der Waals surface area contributed by atoms with Gasteiger partial charge in [-0.05, 0) is 86.9 Å². The molecule has 1 aromatic heterocycles. The zero-order chi connectivity index (χ0) is 28.9. The average Bonchev–Trinajstić information content (AvgIpc) is 3.35. The molecule has 9 nitrogen and oxygen atoms in total. The number of halogens is 2. The summed E-state index contributed by atoms with van der Waals surface area (Å²) in [6.45, 7) is 0.0216. The highest BCUT2D eigenvalue weighted by Crippen LogP contribution is 2.26. The summed E-state index contributed by atoms with van der Waals surface area (Å²) in [7, 11) is 1.19. The monoisotopic (exact) mass is 585 g/mol. The summed E-state index contributed by atoms with van der Waals surface area (Å²) in [6.07, 6.45) is 1.71. The first-order valence-electron chi connectivity index (χ1n) is 12.3. The maximum absolute atomic E-state index is 13.6. The molecular weight excluding hydrogens is 557 g/mol. The summed E-state index contributed by atoms with van der Waals surface area (Å²) >= 11 is 5.94. The summed E-state index contributed by atoms with van der Waals surface area (Å²) in [5.74, 6) is -0.172. The van der Waals surface area contributed by atoms with Crippen LogP contribution >= 0.6 is 11.6 Å². The highest BCUT2D eigenvalue weighted by Gasteiger charge is 2.27. The summed E-state index contributed by atoms with van der Waals surface area (Å²) < 4.78 is 48.4.